The lowest BCUT2D eigenvalue weighted by atomic mass is 10.2. The van der Waals surface area contributed by atoms with E-state index in [2.05, 4.69) is 20.4 Å². The second-order valence-electron chi connectivity index (χ2n) is 9.79. The fourth-order valence-corrected chi connectivity index (χ4v) is 6.12. The summed E-state index contributed by atoms with van der Waals surface area (Å²) < 4.78 is 38.1. The number of amides is 1. The van der Waals surface area contributed by atoms with Crippen LogP contribution in [0.3, 0.4) is 0 Å². The number of fused-ring (bicyclic) bond motifs is 1. The van der Waals surface area contributed by atoms with Gasteiger partial charge in [-0.25, -0.2) is 13.4 Å². The number of benzene rings is 1. The number of carbonyl (C=O) groups is 1. The van der Waals surface area contributed by atoms with Gasteiger partial charge in [-0.3, -0.25) is 9.69 Å². The summed E-state index contributed by atoms with van der Waals surface area (Å²) in [6.07, 6.45) is 2.59. The molecule has 2 aliphatic rings. The zero-order valence-corrected chi connectivity index (χ0v) is 22.6. The molecule has 5 rings (SSSR count). The summed E-state index contributed by atoms with van der Waals surface area (Å²) in [5, 5.41) is 8.03. The number of morpholine rings is 1. The summed E-state index contributed by atoms with van der Waals surface area (Å²) in [5.41, 5.74) is 2.18. The van der Waals surface area contributed by atoms with Gasteiger partial charge in [0.05, 0.1) is 35.4 Å². The van der Waals surface area contributed by atoms with Crippen LogP contribution in [0.15, 0.2) is 46.0 Å². The molecule has 1 N–H and O–H groups in total. The molecular formula is C26H34N6O5S. The number of nitrogens with one attached hydrogen (secondary N) is 1. The minimum absolute atomic E-state index is 0.0177. The molecule has 2 saturated heterocycles. The number of rotatable bonds is 10. The molecule has 204 valence electrons. The average Bonchev–Trinajstić information content (AvgIpc) is 3.52. The van der Waals surface area contributed by atoms with Crippen molar-refractivity contribution in [1.82, 2.24) is 24.2 Å². The van der Waals surface area contributed by atoms with Crippen LogP contribution in [-0.2, 0) is 32.5 Å². The van der Waals surface area contributed by atoms with Gasteiger partial charge in [0.15, 0.2) is 0 Å². The number of nitrogens with zero attached hydrogens (tertiary/aromatic N) is 5. The number of hydrogen-bond acceptors (Lipinski definition) is 9. The first-order chi connectivity index (χ1) is 18.3. The minimum Gasteiger partial charge on any atom is -0.379 e. The molecule has 0 bridgehead atoms. The zero-order valence-electron chi connectivity index (χ0n) is 21.8. The van der Waals surface area contributed by atoms with Crippen molar-refractivity contribution in [3.05, 3.63) is 47.9 Å². The van der Waals surface area contributed by atoms with E-state index in [0.717, 1.165) is 49.5 Å². The topological polar surface area (TPSA) is 121 Å². The molecule has 0 spiro atoms. The number of ether oxygens (including phenoxy) is 1. The first-order valence-electron chi connectivity index (χ1n) is 13.0. The Labute approximate surface area is 222 Å². The van der Waals surface area contributed by atoms with Crippen molar-refractivity contribution in [2.24, 2.45) is 0 Å². The number of aromatic nitrogens is 2. The van der Waals surface area contributed by atoms with Crippen LogP contribution in [0, 0.1) is 0 Å². The zero-order chi connectivity index (χ0) is 26.7. The molecule has 2 aromatic heterocycles. The Balaban J connectivity index is 1.22. The van der Waals surface area contributed by atoms with Crippen molar-refractivity contribution < 1.29 is 22.5 Å². The number of aryl methyl sites for hydroxylation is 1. The van der Waals surface area contributed by atoms with E-state index >= 15 is 0 Å². The van der Waals surface area contributed by atoms with Crippen LogP contribution in [0.25, 0.3) is 10.9 Å². The third kappa shape index (κ3) is 5.83. The molecule has 12 heteroatoms. The monoisotopic (exact) mass is 542 g/mol. The van der Waals surface area contributed by atoms with E-state index in [0.29, 0.717) is 37.3 Å². The molecular weight excluding hydrogens is 508 g/mol. The summed E-state index contributed by atoms with van der Waals surface area (Å²) in [5.74, 6) is 0.811. The number of pyridine rings is 1. The second kappa shape index (κ2) is 11.4. The van der Waals surface area contributed by atoms with Gasteiger partial charge in [-0.2, -0.15) is 4.31 Å². The molecule has 1 atom stereocenters. The lowest BCUT2D eigenvalue weighted by Crippen LogP contribution is -2.42. The third-order valence-corrected chi connectivity index (χ3v) is 8.98. The van der Waals surface area contributed by atoms with E-state index in [9.17, 15) is 13.2 Å². The van der Waals surface area contributed by atoms with Crippen LogP contribution in [0.2, 0.25) is 0 Å². The molecule has 11 nitrogen and oxygen atoms in total. The Kier molecular flexibility index (Phi) is 7.93. The predicted molar refractivity (Wildman–Crippen MR) is 142 cm³/mol. The van der Waals surface area contributed by atoms with E-state index in [-0.39, 0.29) is 23.4 Å². The molecule has 4 heterocycles. The van der Waals surface area contributed by atoms with Crippen LogP contribution in [0.4, 0.5) is 5.82 Å². The summed E-state index contributed by atoms with van der Waals surface area (Å²) in [6.45, 7) is 7.65. The fourth-order valence-electron chi connectivity index (χ4n) is 4.93. The van der Waals surface area contributed by atoms with Gasteiger partial charge in [-0.15, -0.1) is 0 Å². The Morgan fingerprint density at radius 3 is 2.76 bits per heavy atom. The van der Waals surface area contributed by atoms with Gasteiger partial charge < -0.3 is 19.5 Å². The highest BCUT2D eigenvalue weighted by molar-refractivity contribution is 7.89. The van der Waals surface area contributed by atoms with Gasteiger partial charge >= 0.3 is 0 Å². The standard InChI is InChI=1S/C26H34N6O5S/c1-3-23-20(18-37-29-23)16-30(2)38(34,35)22-5-6-24-19(14-22)4-7-25(28-24)27-21-15-26(33)32(17-21)9-8-31-10-12-36-13-11-31/h4-7,14,18,21H,3,8-13,15-17H2,1-2H3,(H,27,28). The van der Waals surface area contributed by atoms with Crippen LogP contribution < -0.4 is 5.32 Å². The lowest BCUT2D eigenvalue weighted by molar-refractivity contribution is -0.128. The number of sulfonamides is 1. The van der Waals surface area contributed by atoms with Crippen molar-refractivity contribution in [2.45, 2.75) is 37.2 Å². The van der Waals surface area contributed by atoms with Gasteiger partial charge in [-0.05, 0) is 36.8 Å². The van der Waals surface area contributed by atoms with E-state index < -0.39 is 10.0 Å². The number of anilines is 1. The van der Waals surface area contributed by atoms with Crippen LogP contribution in [0.1, 0.15) is 24.6 Å². The van der Waals surface area contributed by atoms with Crippen molar-refractivity contribution in [3.63, 3.8) is 0 Å². The van der Waals surface area contributed by atoms with Gasteiger partial charge in [0.2, 0.25) is 15.9 Å². The maximum atomic E-state index is 13.2. The van der Waals surface area contributed by atoms with Crippen LogP contribution in [0.5, 0.6) is 0 Å². The maximum Gasteiger partial charge on any atom is 0.243 e. The molecule has 38 heavy (non-hydrogen) atoms. The Morgan fingerprint density at radius 2 is 1.97 bits per heavy atom. The Morgan fingerprint density at radius 1 is 1.16 bits per heavy atom. The molecule has 0 radical (unpaired) electrons. The quantitative estimate of drug-likeness (QED) is 0.410. The summed E-state index contributed by atoms with van der Waals surface area (Å²) in [4.78, 5) is 21.6. The van der Waals surface area contributed by atoms with Gasteiger partial charge in [0.25, 0.3) is 0 Å². The average molecular weight is 543 g/mol. The highest BCUT2D eigenvalue weighted by Gasteiger charge is 2.30. The van der Waals surface area contributed by atoms with Crippen molar-refractivity contribution in [1.29, 1.82) is 0 Å². The minimum atomic E-state index is -3.72. The molecule has 1 amide bonds. The van der Waals surface area contributed by atoms with Gasteiger partial charge in [0.1, 0.15) is 12.1 Å². The highest BCUT2D eigenvalue weighted by Crippen LogP contribution is 2.24. The van der Waals surface area contributed by atoms with E-state index in [1.165, 1.54) is 10.6 Å². The number of hydrogen-bond donors (Lipinski definition) is 1. The number of likely N-dealkylation sites (tertiary alicyclic amines) is 1. The first kappa shape index (κ1) is 26.5. The smallest absolute Gasteiger partial charge is 0.243 e. The summed E-state index contributed by atoms with van der Waals surface area (Å²) in [7, 11) is -2.17. The largest absolute Gasteiger partial charge is 0.379 e. The van der Waals surface area contributed by atoms with Crippen molar-refractivity contribution in [2.75, 3.05) is 58.3 Å². The normalized spacial score (nSPS) is 19.1. The Hall–Kier alpha value is -3.06. The maximum absolute atomic E-state index is 13.2. The van der Waals surface area contributed by atoms with Crippen LogP contribution in [-0.4, -0.2) is 97.6 Å². The second-order valence-corrected chi connectivity index (χ2v) is 11.8. The number of carbonyl (C=O) groups excluding carboxylic acids is 1. The van der Waals surface area contributed by atoms with Gasteiger partial charge in [-0.1, -0.05) is 12.1 Å². The Bertz CT molecular complexity index is 1390. The molecule has 0 aliphatic carbocycles. The molecule has 1 unspecified atom stereocenters. The summed E-state index contributed by atoms with van der Waals surface area (Å²) >= 11 is 0. The van der Waals surface area contributed by atoms with E-state index in [1.54, 1.807) is 25.2 Å². The van der Waals surface area contributed by atoms with Crippen molar-refractivity contribution in [3.8, 4) is 0 Å². The SMILES string of the molecule is CCc1nocc1CN(C)S(=O)(=O)c1ccc2nc(NC3CC(=O)N(CCN4CCOCC4)C3)ccc2c1. The molecule has 3 aromatic rings. The molecule has 2 aliphatic heterocycles. The van der Waals surface area contributed by atoms with E-state index in [1.807, 2.05) is 24.0 Å². The first-order valence-corrected chi connectivity index (χ1v) is 14.4. The highest BCUT2D eigenvalue weighted by atomic mass is 32.2. The molecule has 2 fully saturated rings. The van der Waals surface area contributed by atoms with Crippen LogP contribution >= 0.6 is 0 Å². The predicted octanol–water partition coefficient (Wildman–Crippen LogP) is 1.95. The summed E-state index contributed by atoms with van der Waals surface area (Å²) in [6, 6.07) is 8.59. The molecule has 1 aromatic carbocycles. The molecule has 0 saturated carbocycles. The van der Waals surface area contributed by atoms with E-state index in [4.69, 9.17) is 9.26 Å². The fraction of sp³-hybridized carbons (Fsp3) is 0.500. The van der Waals surface area contributed by atoms with Gasteiger partial charge in [0, 0.05) is 63.7 Å². The van der Waals surface area contributed by atoms with Crippen molar-refractivity contribution >= 4 is 32.7 Å². The lowest BCUT2D eigenvalue weighted by Gasteiger charge is -2.28. The third-order valence-electron chi connectivity index (χ3n) is 7.18.